The van der Waals surface area contributed by atoms with Crippen LogP contribution in [0.1, 0.15) is 37.2 Å². The molecule has 1 heterocycles. The van der Waals surface area contributed by atoms with Gasteiger partial charge in [-0.05, 0) is 44.7 Å². The molecule has 4 nitrogen and oxygen atoms in total. The molecule has 0 atom stereocenters. The second kappa shape index (κ2) is 4.73. The molecule has 1 aromatic heterocycles. The third-order valence-electron chi connectivity index (χ3n) is 3.07. The van der Waals surface area contributed by atoms with E-state index < -0.39 is 5.97 Å². The van der Waals surface area contributed by atoms with Gasteiger partial charge in [-0.1, -0.05) is 0 Å². The highest BCUT2D eigenvalue weighted by atomic mass is 16.4. The zero-order valence-electron chi connectivity index (χ0n) is 10.3. The molecule has 0 aliphatic heterocycles. The van der Waals surface area contributed by atoms with Crippen LogP contribution in [0.5, 0.6) is 0 Å². The minimum Gasteiger partial charge on any atom is -0.476 e. The number of aromatic nitrogens is 1. The van der Waals surface area contributed by atoms with Gasteiger partial charge in [-0.15, -0.1) is 0 Å². The van der Waals surface area contributed by atoms with Crippen LogP contribution in [0.2, 0.25) is 0 Å². The summed E-state index contributed by atoms with van der Waals surface area (Å²) in [4.78, 5) is 17.3. The van der Waals surface area contributed by atoms with E-state index in [4.69, 9.17) is 5.11 Å². The summed E-state index contributed by atoms with van der Waals surface area (Å²) in [7, 11) is 0. The Morgan fingerprint density at radius 1 is 1.59 bits per heavy atom. The van der Waals surface area contributed by atoms with Gasteiger partial charge in [0.1, 0.15) is 0 Å². The van der Waals surface area contributed by atoms with Crippen molar-refractivity contribution in [1.29, 1.82) is 0 Å². The van der Waals surface area contributed by atoms with E-state index >= 15 is 0 Å². The Bertz CT molecular complexity index is 414. The molecule has 1 aromatic rings. The quantitative estimate of drug-likeness (QED) is 0.850. The van der Waals surface area contributed by atoms with E-state index in [-0.39, 0.29) is 11.7 Å². The lowest BCUT2D eigenvalue weighted by atomic mass is 10.2. The minimum atomic E-state index is -0.956. The lowest BCUT2D eigenvalue weighted by molar-refractivity contribution is 0.0691. The van der Waals surface area contributed by atoms with E-state index in [9.17, 15) is 4.79 Å². The van der Waals surface area contributed by atoms with Gasteiger partial charge in [0.2, 0.25) is 0 Å². The smallest absolute Gasteiger partial charge is 0.356 e. The molecule has 0 spiro atoms. The largest absolute Gasteiger partial charge is 0.476 e. The summed E-state index contributed by atoms with van der Waals surface area (Å²) in [6.45, 7) is 5.10. The van der Waals surface area contributed by atoms with Crippen molar-refractivity contribution < 1.29 is 9.90 Å². The van der Waals surface area contributed by atoms with E-state index in [2.05, 4.69) is 23.7 Å². The monoisotopic (exact) mass is 234 g/mol. The number of hydrogen-bond acceptors (Lipinski definition) is 3. The second-order valence-corrected chi connectivity index (χ2v) is 4.87. The van der Waals surface area contributed by atoms with Crippen LogP contribution in [0.3, 0.4) is 0 Å². The van der Waals surface area contributed by atoms with Crippen LogP contribution >= 0.6 is 0 Å². The summed E-state index contributed by atoms with van der Waals surface area (Å²) >= 11 is 0. The number of carboxylic acids is 1. The molecule has 4 heteroatoms. The Balaban J connectivity index is 2.30. The van der Waals surface area contributed by atoms with Crippen LogP contribution in [0, 0.1) is 5.92 Å². The second-order valence-electron chi connectivity index (χ2n) is 4.87. The number of pyridine rings is 1. The van der Waals surface area contributed by atoms with Gasteiger partial charge >= 0.3 is 5.97 Å². The molecule has 1 aliphatic carbocycles. The molecular weight excluding hydrogens is 216 g/mol. The number of anilines is 1. The zero-order chi connectivity index (χ0) is 12.4. The molecule has 92 valence electrons. The van der Waals surface area contributed by atoms with Gasteiger partial charge in [0.15, 0.2) is 5.69 Å². The SMILES string of the molecule is CC(C)N(CC1CC1)c1cccnc1C(=O)O. The number of aromatic carboxylic acids is 1. The summed E-state index contributed by atoms with van der Waals surface area (Å²) < 4.78 is 0. The molecule has 0 bridgehead atoms. The van der Waals surface area contributed by atoms with Crippen molar-refractivity contribution in [2.75, 3.05) is 11.4 Å². The first-order chi connectivity index (χ1) is 8.09. The van der Waals surface area contributed by atoms with Gasteiger partial charge in [-0.2, -0.15) is 0 Å². The van der Waals surface area contributed by atoms with E-state index in [1.807, 2.05) is 6.07 Å². The minimum absolute atomic E-state index is 0.154. The van der Waals surface area contributed by atoms with Crippen LogP contribution in [0.15, 0.2) is 18.3 Å². The standard InChI is InChI=1S/C13H18N2O2/c1-9(2)15(8-10-5-6-10)11-4-3-7-14-12(11)13(16)17/h3-4,7,9-10H,5-6,8H2,1-2H3,(H,16,17). The van der Waals surface area contributed by atoms with Gasteiger partial charge in [0.25, 0.3) is 0 Å². The molecule has 0 saturated heterocycles. The maximum absolute atomic E-state index is 11.2. The molecule has 1 saturated carbocycles. The molecule has 2 rings (SSSR count). The fourth-order valence-electron chi connectivity index (χ4n) is 1.96. The normalized spacial score (nSPS) is 15.0. The third kappa shape index (κ3) is 2.75. The van der Waals surface area contributed by atoms with Gasteiger partial charge in [0.05, 0.1) is 5.69 Å². The highest BCUT2D eigenvalue weighted by Gasteiger charge is 2.27. The Labute approximate surface area is 101 Å². The van der Waals surface area contributed by atoms with Crippen molar-refractivity contribution in [2.24, 2.45) is 5.92 Å². The van der Waals surface area contributed by atoms with Crippen molar-refractivity contribution in [1.82, 2.24) is 4.98 Å². The average molecular weight is 234 g/mol. The third-order valence-corrected chi connectivity index (χ3v) is 3.07. The van der Waals surface area contributed by atoms with E-state index in [1.54, 1.807) is 6.07 Å². The van der Waals surface area contributed by atoms with Crippen molar-refractivity contribution in [2.45, 2.75) is 32.7 Å². The highest BCUT2D eigenvalue weighted by Crippen LogP contribution is 2.33. The fourth-order valence-corrected chi connectivity index (χ4v) is 1.96. The summed E-state index contributed by atoms with van der Waals surface area (Å²) in [5.41, 5.74) is 0.892. The van der Waals surface area contributed by atoms with E-state index in [1.165, 1.54) is 19.0 Å². The predicted octanol–water partition coefficient (Wildman–Crippen LogP) is 2.40. The topological polar surface area (TPSA) is 53.4 Å². The first-order valence-electron chi connectivity index (χ1n) is 6.04. The molecule has 1 fully saturated rings. The van der Waals surface area contributed by atoms with Gasteiger partial charge in [-0.3, -0.25) is 0 Å². The summed E-state index contributed by atoms with van der Waals surface area (Å²) in [6.07, 6.45) is 4.04. The molecular formula is C13H18N2O2. The van der Waals surface area contributed by atoms with Gasteiger partial charge in [-0.25, -0.2) is 9.78 Å². The molecule has 0 amide bonds. The first-order valence-corrected chi connectivity index (χ1v) is 6.04. The number of carboxylic acid groups (broad SMARTS) is 1. The van der Waals surface area contributed by atoms with Crippen LogP contribution in [0.25, 0.3) is 0 Å². The lowest BCUT2D eigenvalue weighted by Crippen LogP contribution is -2.34. The molecule has 1 aliphatic rings. The molecule has 0 aromatic carbocycles. The van der Waals surface area contributed by atoms with Gasteiger partial charge < -0.3 is 10.0 Å². The average Bonchev–Trinajstić information content (AvgIpc) is 3.09. The van der Waals surface area contributed by atoms with Crippen molar-refractivity contribution in [3.63, 3.8) is 0 Å². The number of nitrogens with zero attached hydrogens (tertiary/aromatic N) is 2. The maximum atomic E-state index is 11.2. The van der Waals surface area contributed by atoms with Crippen LogP contribution in [-0.4, -0.2) is 28.6 Å². The fraction of sp³-hybridized carbons (Fsp3) is 0.538. The highest BCUT2D eigenvalue weighted by molar-refractivity contribution is 5.92. The zero-order valence-corrected chi connectivity index (χ0v) is 10.3. The maximum Gasteiger partial charge on any atom is 0.356 e. The predicted molar refractivity (Wildman–Crippen MR) is 66.4 cm³/mol. The summed E-state index contributed by atoms with van der Waals surface area (Å²) in [5, 5.41) is 9.16. The van der Waals surface area contributed by atoms with Crippen molar-refractivity contribution in [3.8, 4) is 0 Å². The number of hydrogen-bond donors (Lipinski definition) is 1. The lowest BCUT2D eigenvalue weighted by Gasteiger charge is -2.29. The van der Waals surface area contributed by atoms with Crippen molar-refractivity contribution in [3.05, 3.63) is 24.0 Å². The Morgan fingerprint density at radius 3 is 2.82 bits per heavy atom. The van der Waals surface area contributed by atoms with E-state index in [0.717, 1.165) is 18.2 Å². The Hall–Kier alpha value is -1.58. The van der Waals surface area contributed by atoms with Crippen LogP contribution in [-0.2, 0) is 0 Å². The first kappa shape index (κ1) is 11.9. The summed E-state index contributed by atoms with van der Waals surface area (Å²) in [5.74, 6) is -0.235. The van der Waals surface area contributed by atoms with Gasteiger partial charge in [0, 0.05) is 18.8 Å². The van der Waals surface area contributed by atoms with Crippen LogP contribution < -0.4 is 4.90 Å². The Morgan fingerprint density at radius 2 is 2.29 bits per heavy atom. The molecule has 0 unspecified atom stereocenters. The number of carbonyl (C=O) groups is 1. The number of rotatable bonds is 5. The van der Waals surface area contributed by atoms with Crippen LogP contribution in [0.4, 0.5) is 5.69 Å². The Kier molecular flexibility index (Phi) is 3.31. The molecule has 17 heavy (non-hydrogen) atoms. The van der Waals surface area contributed by atoms with Crippen molar-refractivity contribution >= 4 is 11.7 Å². The van der Waals surface area contributed by atoms with E-state index in [0.29, 0.717) is 0 Å². The molecule has 1 N–H and O–H groups in total. The summed E-state index contributed by atoms with van der Waals surface area (Å²) in [6, 6.07) is 3.93. The molecule has 0 radical (unpaired) electrons.